The van der Waals surface area contributed by atoms with Crippen LogP contribution in [0.25, 0.3) is 0 Å². The van der Waals surface area contributed by atoms with Crippen LogP contribution < -0.4 is 10.6 Å². The molecule has 0 radical (unpaired) electrons. The number of nitrogens with one attached hydrogen (secondary N) is 2. The fourth-order valence-electron chi connectivity index (χ4n) is 2.70. The van der Waals surface area contributed by atoms with Crippen LogP contribution in [-0.2, 0) is 6.42 Å². The van der Waals surface area contributed by atoms with Crippen molar-refractivity contribution in [1.29, 1.82) is 0 Å². The van der Waals surface area contributed by atoms with Crippen LogP contribution >= 0.6 is 0 Å². The first-order valence-electron chi connectivity index (χ1n) is 7.16. The summed E-state index contributed by atoms with van der Waals surface area (Å²) in [5, 5.41) is 25.7. The van der Waals surface area contributed by atoms with Crippen molar-refractivity contribution in [3.8, 4) is 11.5 Å². The number of piperidine rings is 1. The molecule has 1 aromatic rings. The van der Waals surface area contributed by atoms with Crippen LogP contribution in [0.5, 0.6) is 11.5 Å². The second-order valence-electron chi connectivity index (χ2n) is 5.74. The molecule has 3 unspecified atom stereocenters. The minimum atomic E-state index is -0.0771. The van der Waals surface area contributed by atoms with Crippen molar-refractivity contribution >= 4 is 0 Å². The maximum absolute atomic E-state index is 9.46. The summed E-state index contributed by atoms with van der Waals surface area (Å²) in [6, 6.07) is 5.44. The van der Waals surface area contributed by atoms with E-state index in [1.54, 1.807) is 6.07 Å². The predicted octanol–water partition coefficient (Wildman–Crippen LogP) is 2.13. The summed E-state index contributed by atoms with van der Waals surface area (Å²) in [5.74, 6) is 0.387. The number of benzene rings is 1. The van der Waals surface area contributed by atoms with Crippen molar-refractivity contribution in [2.24, 2.45) is 5.92 Å². The molecule has 0 saturated carbocycles. The average molecular weight is 276 g/mol. The maximum Gasteiger partial charge on any atom is 0.157 e. The summed E-state index contributed by atoms with van der Waals surface area (Å²) in [5.41, 5.74) is 2.20. The first-order chi connectivity index (χ1) is 9.47. The van der Waals surface area contributed by atoms with E-state index in [-0.39, 0.29) is 17.7 Å². The lowest BCUT2D eigenvalue weighted by Crippen LogP contribution is -2.53. The second kappa shape index (κ2) is 6.29. The van der Waals surface area contributed by atoms with Gasteiger partial charge in [0.25, 0.3) is 0 Å². The molecule has 0 spiro atoms. The van der Waals surface area contributed by atoms with Crippen molar-refractivity contribution in [3.05, 3.63) is 35.9 Å². The summed E-state index contributed by atoms with van der Waals surface area (Å²) in [6.07, 6.45) is 2.07. The summed E-state index contributed by atoms with van der Waals surface area (Å²) in [6.45, 7) is 9.36. The Hall–Kier alpha value is -1.52. The molecule has 4 heteroatoms. The Morgan fingerprint density at radius 1 is 1.30 bits per heavy atom. The van der Waals surface area contributed by atoms with E-state index in [2.05, 4.69) is 31.1 Å². The van der Waals surface area contributed by atoms with Crippen LogP contribution in [0.2, 0.25) is 0 Å². The summed E-state index contributed by atoms with van der Waals surface area (Å²) in [4.78, 5) is 0. The molecule has 1 heterocycles. The van der Waals surface area contributed by atoms with Gasteiger partial charge in [0, 0.05) is 12.6 Å². The zero-order valence-corrected chi connectivity index (χ0v) is 12.2. The molecule has 4 nitrogen and oxygen atoms in total. The summed E-state index contributed by atoms with van der Waals surface area (Å²) in [7, 11) is 0. The third-order valence-electron chi connectivity index (χ3n) is 3.96. The molecule has 110 valence electrons. The Balaban J connectivity index is 1.85. The fraction of sp³-hybridized carbons (Fsp3) is 0.500. The Morgan fingerprint density at radius 2 is 2.05 bits per heavy atom. The van der Waals surface area contributed by atoms with E-state index in [4.69, 9.17) is 0 Å². The van der Waals surface area contributed by atoms with Gasteiger partial charge in [0.2, 0.25) is 0 Å². The van der Waals surface area contributed by atoms with Gasteiger partial charge in [-0.1, -0.05) is 19.6 Å². The van der Waals surface area contributed by atoms with Gasteiger partial charge < -0.3 is 10.2 Å². The standard InChI is InChI=1S/C16H24N2O2/c1-10-8-11(2)18-16(12(10)3)17-7-6-13-4-5-14(19)15(20)9-13/h4-5,9-11,16-20H,3,6-8H2,1-2H3. The minimum absolute atomic E-state index is 0.0649. The van der Waals surface area contributed by atoms with Crippen LogP contribution in [0.1, 0.15) is 25.8 Å². The second-order valence-corrected chi connectivity index (χ2v) is 5.74. The van der Waals surface area contributed by atoms with Crippen LogP contribution in [-0.4, -0.2) is 29.0 Å². The molecule has 2 rings (SSSR count). The van der Waals surface area contributed by atoms with Crippen molar-refractivity contribution in [3.63, 3.8) is 0 Å². The SMILES string of the molecule is C=C1C(C)CC(C)NC1NCCc1ccc(O)c(O)c1. The summed E-state index contributed by atoms with van der Waals surface area (Å²) < 4.78 is 0. The maximum atomic E-state index is 9.46. The van der Waals surface area contributed by atoms with Crippen LogP contribution in [0, 0.1) is 5.92 Å². The van der Waals surface area contributed by atoms with Crippen molar-refractivity contribution < 1.29 is 10.2 Å². The highest BCUT2D eigenvalue weighted by Gasteiger charge is 2.25. The Bertz CT molecular complexity index is 487. The molecule has 4 N–H and O–H groups in total. The van der Waals surface area contributed by atoms with Crippen LogP contribution in [0.4, 0.5) is 0 Å². The molecule has 0 amide bonds. The van der Waals surface area contributed by atoms with Crippen molar-refractivity contribution in [2.75, 3.05) is 6.54 Å². The zero-order valence-electron chi connectivity index (χ0n) is 12.2. The van der Waals surface area contributed by atoms with Crippen molar-refractivity contribution in [2.45, 2.75) is 38.9 Å². The fourth-order valence-corrected chi connectivity index (χ4v) is 2.70. The van der Waals surface area contributed by atoms with E-state index in [1.807, 2.05) is 6.07 Å². The molecule has 3 atom stereocenters. The largest absolute Gasteiger partial charge is 0.504 e. The Labute approximate surface area is 120 Å². The number of hydrogen-bond acceptors (Lipinski definition) is 4. The van der Waals surface area contributed by atoms with E-state index >= 15 is 0 Å². The number of phenols is 2. The predicted molar refractivity (Wildman–Crippen MR) is 80.8 cm³/mol. The minimum Gasteiger partial charge on any atom is -0.504 e. The number of phenolic OH excluding ortho intramolecular Hbond substituents is 2. The highest BCUT2D eigenvalue weighted by molar-refractivity contribution is 5.40. The zero-order chi connectivity index (χ0) is 14.7. The molecule has 1 aliphatic rings. The van der Waals surface area contributed by atoms with Gasteiger partial charge in [0.15, 0.2) is 11.5 Å². The summed E-state index contributed by atoms with van der Waals surface area (Å²) >= 11 is 0. The number of hydrogen-bond donors (Lipinski definition) is 4. The molecular formula is C16H24N2O2. The van der Waals surface area contributed by atoms with Gasteiger partial charge in [-0.15, -0.1) is 0 Å². The number of rotatable bonds is 4. The molecular weight excluding hydrogens is 252 g/mol. The van der Waals surface area contributed by atoms with Gasteiger partial charge in [-0.05, 0) is 49.0 Å². The van der Waals surface area contributed by atoms with E-state index < -0.39 is 0 Å². The van der Waals surface area contributed by atoms with E-state index in [9.17, 15) is 10.2 Å². The van der Waals surface area contributed by atoms with Crippen LogP contribution in [0.3, 0.4) is 0 Å². The molecule has 1 aliphatic heterocycles. The smallest absolute Gasteiger partial charge is 0.157 e. The first-order valence-corrected chi connectivity index (χ1v) is 7.16. The third kappa shape index (κ3) is 3.52. The van der Waals surface area contributed by atoms with Crippen LogP contribution in [0.15, 0.2) is 30.4 Å². The van der Waals surface area contributed by atoms with Gasteiger partial charge >= 0.3 is 0 Å². The molecule has 1 fully saturated rings. The molecule has 20 heavy (non-hydrogen) atoms. The van der Waals surface area contributed by atoms with Gasteiger partial charge in [0.1, 0.15) is 0 Å². The monoisotopic (exact) mass is 276 g/mol. The Kier molecular flexibility index (Phi) is 4.68. The molecule has 0 bridgehead atoms. The number of aromatic hydroxyl groups is 2. The van der Waals surface area contributed by atoms with Gasteiger partial charge in [-0.25, -0.2) is 0 Å². The van der Waals surface area contributed by atoms with E-state index in [0.29, 0.717) is 12.0 Å². The van der Waals surface area contributed by atoms with Gasteiger partial charge in [-0.2, -0.15) is 0 Å². The normalized spacial score (nSPS) is 26.7. The highest BCUT2D eigenvalue weighted by atomic mass is 16.3. The van der Waals surface area contributed by atoms with Gasteiger partial charge in [-0.3, -0.25) is 10.6 Å². The third-order valence-corrected chi connectivity index (χ3v) is 3.96. The lowest BCUT2D eigenvalue weighted by Gasteiger charge is -2.36. The lowest BCUT2D eigenvalue weighted by molar-refractivity contribution is 0.313. The highest BCUT2D eigenvalue weighted by Crippen LogP contribution is 2.25. The molecule has 0 aromatic heterocycles. The average Bonchev–Trinajstić information content (AvgIpc) is 2.39. The molecule has 1 aromatic carbocycles. The molecule has 0 aliphatic carbocycles. The topological polar surface area (TPSA) is 64.5 Å². The van der Waals surface area contributed by atoms with E-state index in [0.717, 1.165) is 24.9 Å². The molecule has 1 saturated heterocycles. The first kappa shape index (κ1) is 14.9. The van der Waals surface area contributed by atoms with Crippen molar-refractivity contribution in [1.82, 2.24) is 10.6 Å². The Morgan fingerprint density at radius 3 is 2.75 bits per heavy atom. The van der Waals surface area contributed by atoms with Gasteiger partial charge in [0.05, 0.1) is 6.17 Å². The lowest BCUT2D eigenvalue weighted by atomic mass is 9.89. The quantitative estimate of drug-likeness (QED) is 0.502. The van der Waals surface area contributed by atoms with E-state index in [1.165, 1.54) is 11.6 Å².